The molecule has 1 aliphatic heterocycles. The lowest BCUT2D eigenvalue weighted by Crippen LogP contribution is -2.32. The topological polar surface area (TPSA) is 64.7 Å². The molecule has 7 aromatic rings. The maximum atomic E-state index is 6.53. The Morgan fingerprint density at radius 1 is 0.422 bits per heavy atom. The summed E-state index contributed by atoms with van der Waals surface area (Å²) in [5, 5.41) is 0. The summed E-state index contributed by atoms with van der Waals surface area (Å²) in [6.07, 6.45) is 0. The summed E-state index contributed by atoms with van der Waals surface area (Å²) in [6, 6.07) is 50.8. The van der Waals surface area contributed by atoms with Crippen LogP contribution in [-0.2, 0) is 5.41 Å². The lowest BCUT2D eigenvalue weighted by atomic mass is 9.67. The van der Waals surface area contributed by atoms with Crippen LogP contribution in [0.25, 0.3) is 45.3 Å². The number of nitrogen functional groups attached to an aromatic ring is 1. The minimum Gasteiger partial charge on any atom is -0.399 e. The average molecular weight is 595 g/mol. The Morgan fingerprint density at radius 3 is 1.56 bits per heavy atom. The lowest BCUT2D eigenvalue weighted by molar-refractivity contribution is 0.723. The molecule has 0 atom stereocenters. The molecule has 1 spiro atoms. The number of nitrogens with two attached hydrogens (primary N) is 1. The first-order chi connectivity index (χ1) is 22.2. The van der Waals surface area contributed by atoms with E-state index in [1.807, 2.05) is 78.5 Å². The molecular weight excluding hydrogens is 569 g/mol. The third-order valence-corrected chi connectivity index (χ3v) is 10.1. The minimum absolute atomic E-state index is 0.486. The second-order valence-corrected chi connectivity index (χ2v) is 12.5. The first kappa shape index (κ1) is 25.9. The molecule has 2 aliphatic rings. The van der Waals surface area contributed by atoms with Gasteiger partial charge in [0.1, 0.15) is 0 Å². The first-order valence-corrected chi connectivity index (χ1v) is 15.8. The molecule has 1 aliphatic carbocycles. The number of anilines is 1. The van der Waals surface area contributed by atoms with Crippen molar-refractivity contribution in [1.82, 2.24) is 15.0 Å². The summed E-state index contributed by atoms with van der Waals surface area (Å²) in [6.45, 7) is 0. The second-order valence-electron chi connectivity index (χ2n) is 11.4. The van der Waals surface area contributed by atoms with Crippen LogP contribution < -0.4 is 5.73 Å². The highest BCUT2D eigenvalue weighted by Crippen LogP contribution is 2.62. The molecule has 2 heterocycles. The Bertz CT molecular complexity index is 2160. The molecule has 9 rings (SSSR count). The molecule has 6 aromatic carbocycles. The Morgan fingerprint density at radius 2 is 0.956 bits per heavy atom. The highest BCUT2D eigenvalue weighted by molar-refractivity contribution is 7.99. The molecule has 0 amide bonds. The number of hydrogen-bond donors (Lipinski definition) is 1. The maximum Gasteiger partial charge on any atom is 0.164 e. The number of fused-ring (bicyclic) bond motifs is 9. The molecule has 0 unspecified atom stereocenters. The minimum atomic E-state index is -0.486. The van der Waals surface area contributed by atoms with Gasteiger partial charge >= 0.3 is 0 Å². The van der Waals surface area contributed by atoms with Gasteiger partial charge in [-0.05, 0) is 63.7 Å². The zero-order valence-corrected chi connectivity index (χ0v) is 25.0. The van der Waals surface area contributed by atoms with Crippen LogP contribution >= 0.6 is 11.8 Å². The first-order valence-electron chi connectivity index (χ1n) is 15.0. The van der Waals surface area contributed by atoms with Crippen LogP contribution in [0.5, 0.6) is 0 Å². The zero-order chi connectivity index (χ0) is 30.0. The fourth-order valence-electron chi connectivity index (χ4n) is 7.00. The molecule has 0 radical (unpaired) electrons. The SMILES string of the molecule is Nc1ccc2c(c1)C1(c3ccccc3Sc3ccccc31)c1ccc(-c3nc(-c4ccccc4)nc(-c4ccccc4)n3)cc1-2. The highest BCUT2D eigenvalue weighted by atomic mass is 32.2. The van der Waals surface area contributed by atoms with Gasteiger partial charge in [0, 0.05) is 32.2 Å². The summed E-state index contributed by atoms with van der Waals surface area (Å²) in [5.41, 5.74) is 17.0. The smallest absolute Gasteiger partial charge is 0.164 e. The van der Waals surface area contributed by atoms with E-state index >= 15 is 0 Å². The average Bonchev–Trinajstić information content (AvgIpc) is 3.38. The van der Waals surface area contributed by atoms with Crippen LogP contribution in [0.4, 0.5) is 5.69 Å². The molecule has 4 nitrogen and oxygen atoms in total. The van der Waals surface area contributed by atoms with Crippen molar-refractivity contribution in [2.24, 2.45) is 0 Å². The van der Waals surface area contributed by atoms with E-state index in [1.54, 1.807) is 0 Å². The predicted octanol–water partition coefficient (Wildman–Crippen LogP) is 9.28. The van der Waals surface area contributed by atoms with E-state index in [9.17, 15) is 0 Å². The largest absolute Gasteiger partial charge is 0.399 e. The highest BCUT2D eigenvalue weighted by Gasteiger charge is 2.50. The van der Waals surface area contributed by atoms with E-state index < -0.39 is 5.41 Å². The van der Waals surface area contributed by atoms with Crippen molar-refractivity contribution < 1.29 is 0 Å². The van der Waals surface area contributed by atoms with Crippen molar-refractivity contribution in [3.63, 3.8) is 0 Å². The molecule has 1 aromatic heterocycles. The molecule has 0 fully saturated rings. The number of nitrogens with zero attached hydrogens (tertiary/aromatic N) is 3. The number of benzene rings is 6. The monoisotopic (exact) mass is 594 g/mol. The standard InChI is InChI=1S/C40H26N4S/c41-28-20-21-29-30-23-27(39-43-37(25-11-3-1-4-12-25)42-38(44-39)26-13-5-2-6-14-26)19-22-31(30)40(34(29)24-28)32-15-7-9-17-35(32)45-36-18-10-8-16-33(36)40/h1-24H,41H2. The number of aromatic nitrogens is 3. The molecule has 0 saturated heterocycles. The van der Waals surface area contributed by atoms with Gasteiger partial charge in [0.05, 0.1) is 5.41 Å². The third-order valence-electron chi connectivity index (χ3n) is 8.92. The van der Waals surface area contributed by atoms with Crippen LogP contribution in [0, 0.1) is 0 Å². The molecular formula is C40H26N4S. The van der Waals surface area contributed by atoms with Crippen molar-refractivity contribution in [2.75, 3.05) is 5.73 Å². The van der Waals surface area contributed by atoms with Gasteiger partial charge < -0.3 is 5.73 Å². The summed E-state index contributed by atoms with van der Waals surface area (Å²) >= 11 is 1.84. The van der Waals surface area contributed by atoms with Gasteiger partial charge in [-0.15, -0.1) is 0 Å². The maximum absolute atomic E-state index is 6.53. The van der Waals surface area contributed by atoms with E-state index in [2.05, 4.69) is 78.9 Å². The fourth-order valence-corrected chi connectivity index (χ4v) is 8.19. The van der Waals surface area contributed by atoms with E-state index in [0.29, 0.717) is 17.5 Å². The summed E-state index contributed by atoms with van der Waals surface area (Å²) in [4.78, 5) is 17.5. The number of hydrogen-bond acceptors (Lipinski definition) is 5. The summed E-state index contributed by atoms with van der Waals surface area (Å²) in [5.74, 6) is 1.94. The Hall–Kier alpha value is -5.52. The molecule has 0 saturated carbocycles. The van der Waals surface area contributed by atoms with Gasteiger partial charge in [-0.25, -0.2) is 15.0 Å². The van der Waals surface area contributed by atoms with E-state index in [4.69, 9.17) is 20.7 Å². The van der Waals surface area contributed by atoms with Gasteiger partial charge in [0.25, 0.3) is 0 Å². The van der Waals surface area contributed by atoms with Crippen molar-refractivity contribution >= 4 is 17.4 Å². The van der Waals surface area contributed by atoms with Crippen molar-refractivity contribution in [1.29, 1.82) is 0 Å². The van der Waals surface area contributed by atoms with Crippen LogP contribution in [0.2, 0.25) is 0 Å². The quantitative estimate of drug-likeness (QED) is 0.207. The second kappa shape index (κ2) is 10.0. The lowest BCUT2D eigenvalue weighted by Gasteiger charge is -2.39. The normalized spacial score (nSPS) is 13.5. The van der Waals surface area contributed by atoms with E-state index in [-0.39, 0.29) is 0 Å². The molecule has 212 valence electrons. The number of rotatable bonds is 3. The van der Waals surface area contributed by atoms with Crippen molar-refractivity contribution in [3.8, 4) is 45.3 Å². The fraction of sp³-hybridized carbons (Fsp3) is 0.0250. The molecule has 0 bridgehead atoms. The predicted molar refractivity (Wildman–Crippen MR) is 182 cm³/mol. The molecule has 5 heteroatoms. The van der Waals surface area contributed by atoms with Gasteiger partial charge in [-0.1, -0.05) is 127 Å². The zero-order valence-electron chi connectivity index (χ0n) is 24.2. The van der Waals surface area contributed by atoms with Crippen LogP contribution in [0.3, 0.4) is 0 Å². The van der Waals surface area contributed by atoms with Crippen LogP contribution in [-0.4, -0.2) is 15.0 Å². The van der Waals surface area contributed by atoms with Gasteiger partial charge in [-0.2, -0.15) is 0 Å². The van der Waals surface area contributed by atoms with E-state index in [0.717, 1.165) is 22.4 Å². The van der Waals surface area contributed by atoms with Gasteiger partial charge in [0.2, 0.25) is 0 Å². The van der Waals surface area contributed by atoms with Gasteiger partial charge in [-0.3, -0.25) is 0 Å². The Kier molecular flexibility index (Phi) is 5.77. The van der Waals surface area contributed by atoms with Crippen molar-refractivity contribution in [3.05, 3.63) is 168 Å². The third kappa shape index (κ3) is 3.91. The molecule has 2 N–H and O–H groups in total. The Balaban J connectivity index is 1.31. The summed E-state index contributed by atoms with van der Waals surface area (Å²) < 4.78 is 0. The van der Waals surface area contributed by atoms with Crippen molar-refractivity contribution in [2.45, 2.75) is 15.2 Å². The van der Waals surface area contributed by atoms with Crippen LogP contribution in [0.1, 0.15) is 22.3 Å². The van der Waals surface area contributed by atoms with Gasteiger partial charge in [0.15, 0.2) is 17.5 Å². The Labute approximate surface area is 265 Å². The summed E-state index contributed by atoms with van der Waals surface area (Å²) in [7, 11) is 0. The van der Waals surface area contributed by atoms with E-state index in [1.165, 1.54) is 43.2 Å². The van der Waals surface area contributed by atoms with Crippen LogP contribution in [0.15, 0.2) is 155 Å². The molecule has 45 heavy (non-hydrogen) atoms.